The maximum absolute atomic E-state index is 13.8. The van der Waals surface area contributed by atoms with Crippen LogP contribution in [0.15, 0.2) is 103 Å². The molecule has 12 heteroatoms. The molecule has 0 radical (unpaired) electrons. The molecule has 0 bridgehead atoms. The number of nitrogens with one attached hydrogen (secondary N) is 2. The van der Waals surface area contributed by atoms with E-state index in [4.69, 9.17) is 17.0 Å². The quantitative estimate of drug-likeness (QED) is 0.0599. The van der Waals surface area contributed by atoms with Gasteiger partial charge in [0.05, 0.1) is 18.5 Å². The summed E-state index contributed by atoms with van der Waals surface area (Å²) in [6, 6.07) is 28.4. The van der Waals surface area contributed by atoms with Crippen molar-refractivity contribution in [1.82, 2.24) is 4.98 Å². The van der Waals surface area contributed by atoms with Crippen molar-refractivity contribution in [1.29, 1.82) is 0 Å². The molecule has 6 aromatic rings. The van der Waals surface area contributed by atoms with E-state index in [1.165, 1.54) is 46.1 Å². The molecule has 0 spiro atoms. The summed E-state index contributed by atoms with van der Waals surface area (Å²) in [4.78, 5) is 22.5. The number of hydrogen-bond donors (Lipinski definition) is 2. The molecule has 0 fully saturated rings. The van der Waals surface area contributed by atoms with Crippen LogP contribution in [0.3, 0.4) is 0 Å². The zero-order valence-electron chi connectivity index (χ0n) is 40.7. The van der Waals surface area contributed by atoms with Crippen molar-refractivity contribution in [3.05, 3.63) is 182 Å². The van der Waals surface area contributed by atoms with Gasteiger partial charge in [-0.15, -0.1) is 0 Å². The Balaban J connectivity index is 0.000000204. The number of pyridine rings is 1. The van der Waals surface area contributed by atoms with Crippen molar-refractivity contribution >= 4 is 45.8 Å². The van der Waals surface area contributed by atoms with Crippen LogP contribution in [-0.4, -0.2) is 44.0 Å². The zero-order chi connectivity index (χ0) is 49.4. The van der Waals surface area contributed by atoms with E-state index in [-0.39, 0.29) is 37.0 Å². The second-order valence-corrected chi connectivity index (χ2v) is 19.4. The highest BCUT2D eigenvalue weighted by Crippen LogP contribution is 2.41. The van der Waals surface area contributed by atoms with E-state index in [1.54, 1.807) is 12.1 Å². The Hall–Kier alpha value is -6.27. The minimum absolute atomic E-state index is 0.0189. The summed E-state index contributed by atoms with van der Waals surface area (Å²) in [5.74, 6) is -3.41. The zero-order valence-corrected chi connectivity index (χ0v) is 41.5. The van der Waals surface area contributed by atoms with Gasteiger partial charge in [-0.05, 0) is 140 Å². The Morgan fingerprint density at radius 3 is 1.74 bits per heavy atom. The maximum atomic E-state index is 13.8. The normalized spacial score (nSPS) is 15.4. The molecule has 7 nitrogen and oxygen atoms in total. The van der Waals surface area contributed by atoms with Crippen LogP contribution in [0.2, 0.25) is 0 Å². The molecule has 2 aliphatic carbocycles. The number of hydrogen-bond acceptors (Lipinski definition) is 8. The van der Waals surface area contributed by atoms with Gasteiger partial charge < -0.3 is 25.2 Å². The van der Waals surface area contributed by atoms with Crippen LogP contribution in [0.5, 0.6) is 0 Å². The number of aryl methyl sites for hydroxylation is 2. The number of aromatic nitrogens is 1. The number of anilines is 4. The van der Waals surface area contributed by atoms with E-state index >= 15 is 0 Å². The highest BCUT2D eigenvalue weighted by atomic mass is 32.1. The number of benzene rings is 5. The lowest BCUT2D eigenvalue weighted by atomic mass is 9.83. The summed E-state index contributed by atoms with van der Waals surface area (Å²) in [7, 11) is 8.11. The van der Waals surface area contributed by atoms with Crippen LogP contribution >= 0.6 is 12.2 Å². The lowest BCUT2D eigenvalue weighted by Crippen LogP contribution is -2.23. The van der Waals surface area contributed by atoms with Crippen molar-refractivity contribution in [2.24, 2.45) is 5.92 Å². The smallest absolute Gasteiger partial charge is 0.310 e. The van der Waals surface area contributed by atoms with Crippen molar-refractivity contribution in [3.63, 3.8) is 0 Å². The van der Waals surface area contributed by atoms with E-state index in [0.29, 0.717) is 11.4 Å². The lowest BCUT2D eigenvalue weighted by molar-refractivity contribution is -0.144. The minimum Gasteiger partial charge on any atom is -0.461 e. The van der Waals surface area contributed by atoms with Crippen LogP contribution in [-0.2, 0) is 48.2 Å². The van der Waals surface area contributed by atoms with E-state index in [9.17, 15) is 22.4 Å². The van der Waals surface area contributed by atoms with Crippen molar-refractivity contribution in [2.45, 2.75) is 97.2 Å². The molecule has 2 aliphatic rings. The van der Waals surface area contributed by atoms with Gasteiger partial charge in [0.1, 0.15) is 6.61 Å². The van der Waals surface area contributed by atoms with Crippen molar-refractivity contribution in [2.75, 3.05) is 48.6 Å². The number of halogens is 4. The van der Waals surface area contributed by atoms with Gasteiger partial charge in [-0.25, -0.2) is 17.6 Å². The molecule has 2 N–H and O–H groups in total. The second kappa shape index (κ2) is 22.9. The van der Waals surface area contributed by atoms with E-state index in [2.05, 4.69) is 65.8 Å². The molecule has 362 valence electrons. The number of fused-ring (bicyclic) bond motifs is 2. The second-order valence-electron chi connectivity index (χ2n) is 18.9. The number of ether oxygens (including phenoxy) is 1. The molecule has 0 saturated heterocycles. The fourth-order valence-corrected chi connectivity index (χ4v) is 9.95. The third kappa shape index (κ3) is 12.9. The van der Waals surface area contributed by atoms with Gasteiger partial charge in [0.25, 0.3) is 0 Å². The molecule has 0 saturated carbocycles. The van der Waals surface area contributed by atoms with Gasteiger partial charge in [0, 0.05) is 86.2 Å². The Labute approximate surface area is 410 Å². The van der Waals surface area contributed by atoms with Gasteiger partial charge in [-0.1, -0.05) is 79.3 Å². The maximum Gasteiger partial charge on any atom is 0.310 e. The molecule has 5 aromatic carbocycles. The monoisotopic (exact) mass is 957 g/mol. The molecule has 8 rings (SSSR count). The first-order valence-corrected chi connectivity index (χ1v) is 24.2. The number of carbonyl (C=O) groups excluding carboxylic acids is 1. The van der Waals surface area contributed by atoms with Gasteiger partial charge >= 0.3 is 5.97 Å². The standard InChI is InChI=1S/C29H33F2N3S.C28H30F2N2O2/c1-18-8-10-21(32-17-18)14-19(2)28(35)15-20-9-12-23-24(29(20)34(3)4)6-5-7-27(23)33-22-11-13-25(30)26(31)16-22;1-18-6-4-7-19(14-18)17-34-27(33)15-20-10-12-22-23(28(20)32(2)3)8-5-9-26(22)31-21-11-13-24(29)25(30)16-21/h8-13,16-17,19,27,33H,5-7,14-15H2,1-4H3;4,6-7,10-14,16,26,31H,5,8-9,15,17H2,1-3H3. The number of nitrogens with zero attached hydrogens (tertiary/aromatic N) is 3. The largest absolute Gasteiger partial charge is 0.461 e. The molecule has 1 heterocycles. The first-order chi connectivity index (χ1) is 33.0. The first kappa shape index (κ1) is 50.6. The fraction of sp³-hybridized carbons (Fsp3) is 0.351. The minimum atomic E-state index is -0.866. The molecule has 0 aliphatic heterocycles. The highest BCUT2D eigenvalue weighted by Gasteiger charge is 2.28. The number of carbonyl (C=O) groups is 1. The van der Waals surface area contributed by atoms with Crippen LogP contribution in [0.1, 0.15) is 100 Å². The fourth-order valence-electron chi connectivity index (χ4n) is 9.71. The van der Waals surface area contributed by atoms with Gasteiger partial charge in [-0.2, -0.15) is 0 Å². The van der Waals surface area contributed by atoms with Crippen LogP contribution < -0.4 is 20.4 Å². The molecule has 0 amide bonds. The summed E-state index contributed by atoms with van der Waals surface area (Å²) in [6.07, 6.45) is 9.36. The Morgan fingerprint density at radius 1 is 0.696 bits per heavy atom. The summed E-state index contributed by atoms with van der Waals surface area (Å²) in [5, 5.41) is 6.78. The SMILES string of the molecule is Cc1ccc(CC(C)C(=S)Cc2ccc3c(c2N(C)C)CCCC3Nc2ccc(F)c(F)c2)nc1.Cc1cccc(COC(=O)Cc2ccc3c(c2N(C)C)CCCC3Nc2ccc(F)c(F)c2)c1. The predicted octanol–water partition coefficient (Wildman–Crippen LogP) is 13.1. The number of thiocarbonyl (C=S) groups is 1. The van der Waals surface area contributed by atoms with Crippen molar-refractivity contribution < 1.29 is 27.1 Å². The van der Waals surface area contributed by atoms with E-state index < -0.39 is 23.3 Å². The third-order valence-corrected chi connectivity index (χ3v) is 13.6. The van der Waals surface area contributed by atoms with Gasteiger partial charge in [0.15, 0.2) is 23.3 Å². The molecular weight excluding hydrogens is 895 g/mol. The Morgan fingerprint density at radius 2 is 1.25 bits per heavy atom. The van der Waals surface area contributed by atoms with E-state index in [1.807, 2.05) is 75.4 Å². The Bertz CT molecular complexity index is 2780. The van der Waals surface area contributed by atoms with Gasteiger partial charge in [-0.3, -0.25) is 9.78 Å². The highest BCUT2D eigenvalue weighted by molar-refractivity contribution is 7.80. The van der Waals surface area contributed by atoms with Crippen LogP contribution in [0.25, 0.3) is 0 Å². The molecule has 3 unspecified atom stereocenters. The number of rotatable bonds is 15. The summed E-state index contributed by atoms with van der Waals surface area (Å²) < 4.78 is 59.7. The van der Waals surface area contributed by atoms with Gasteiger partial charge in [0.2, 0.25) is 0 Å². The number of esters is 1. The molecule has 69 heavy (non-hydrogen) atoms. The van der Waals surface area contributed by atoms with Crippen LogP contribution in [0, 0.1) is 43.0 Å². The van der Waals surface area contributed by atoms with Crippen molar-refractivity contribution in [3.8, 4) is 0 Å². The molecular formula is C57H63F4N5O2S. The summed E-state index contributed by atoms with van der Waals surface area (Å²) in [6.45, 7) is 6.49. The average molecular weight is 958 g/mol. The van der Waals surface area contributed by atoms with E-state index in [0.717, 1.165) is 101 Å². The molecule has 3 atom stereocenters. The predicted molar refractivity (Wildman–Crippen MR) is 276 cm³/mol. The van der Waals surface area contributed by atoms with Crippen LogP contribution in [0.4, 0.5) is 40.3 Å². The molecule has 1 aromatic heterocycles. The Kier molecular flexibility index (Phi) is 16.8. The average Bonchev–Trinajstić information content (AvgIpc) is 3.31. The topological polar surface area (TPSA) is 69.7 Å². The third-order valence-electron chi connectivity index (χ3n) is 13.0. The first-order valence-electron chi connectivity index (χ1n) is 23.8. The summed E-state index contributed by atoms with van der Waals surface area (Å²) >= 11 is 5.89. The summed E-state index contributed by atoms with van der Waals surface area (Å²) in [5.41, 5.74) is 14.7. The lowest BCUT2D eigenvalue weighted by Gasteiger charge is -2.32.